The second-order valence-corrected chi connectivity index (χ2v) is 5.37. The minimum atomic E-state index is -0.293. The Morgan fingerprint density at radius 3 is 2.70 bits per heavy atom. The molecular weight excluding hydrogens is 252 g/mol. The van der Waals surface area contributed by atoms with Crippen molar-refractivity contribution in [1.82, 2.24) is 0 Å². The predicted molar refractivity (Wildman–Crippen MR) is 79.5 cm³/mol. The van der Waals surface area contributed by atoms with Gasteiger partial charge in [0.05, 0.1) is 6.10 Å². The SMILES string of the molecule is CO[C@H]1CCC[C@@H]1OC(=O)/C=C/c1ccc(C)cc1C. The van der Waals surface area contributed by atoms with Gasteiger partial charge in [0.1, 0.15) is 6.10 Å². The lowest BCUT2D eigenvalue weighted by molar-refractivity contribution is -0.148. The van der Waals surface area contributed by atoms with Crippen LogP contribution >= 0.6 is 0 Å². The highest BCUT2D eigenvalue weighted by Gasteiger charge is 2.29. The minimum absolute atomic E-state index is 0.0495. The molecule has 1 aliphatic rings. The molecule has 0 heterocycles. The van der Waals surface area contributed by atoms with E-state index in [0.29, 0.717) is 0 Å². The van der Waals surface area contributed by atoms with Crippen molar-refractivity contribution >= 4 is 12.0 Å². The molecule has 20 heavy (non-hydrogen) atoms. The molecule has 2 atom stereocenters. The van der Waals surface area contributed by atoms with Gasteiger partial charge in [0.15, 0.2) is 0 Å². The molecular formula is C17H22O3. The molecule has 0 amide bonds. The fourth-order valence-corrected chi connectivity index (χ4v) is 2.66. The molecule has 3 nitrogen and oxygen atoms in total. The first-order chi connectivity index (χ1) is 9.60. The van der Waals surface area contributed by atoms with Crippen LogP contribution in [0.3, 0.4) is 0 Å². The fraction of sp³-hybridized carbons (Fsp3) is 0.471. The molecule has 0 bridgehead atoms. The average molecular weight is 274 g/mol. The summed E-state index contributed by atoms with van der Waals surface area (Å²) in [5.74, 6) is -0.293. The summed E-state index contributed by atoms with van der Waals surface area (Å²) in [5.41, 5.74) is 3.42. The van der Waals surface area contributed by atoms with Gasteiger partial charge in [-0.15, -0.1) is 0 Å². The zero-order valence-corrected chi connectivity index (χ0v) is 12.4. The van der Waals surface area contributed by atoms with E-state index >= 15 is 0 Å². The van der Waals surface area contributed by atoms with Gasteiger partial charge in [-0.25, -0.2) is 4.79 Å². The van der Waals surface area contributed by atoms with Crippen LogP contribution in [-0.4, -0.2) is 25.3 Å². The number of carbonyl (C=O) groups is 1. The summed E-state index contributed by atoms with van der Waals surface area (Å²) in [7, 11) is 1.67. The van der Waals surface area contributed by atoms with Crippen LogP contribution in [0.15, 0.2) is 24.3 Å². The standard InChI is InChI=1S/C17H22O3/c1-12-7-8-14(13(2)11-12)9-10-17(18)20-16-6-4-5-15(16)19-3/h7-11,15-16H,4-6H2,1-3H3/b10-9+/t15-,16-/m0/s1. The van der Waals surface area contributed by atoms with Gasteiger partial charge in [0.2, 0.25) is 0 Å². The van der Waals surface area contributed by atoms with Crippen LogP contribution in [0.2, 0.25) is 0 Å². The zero-order valence-electron chi connectivity index (χ0n) is 12.4. The molecule has 0 aromatic heterocycles. The summed E-state index contributed by atoms with van der Waals surface area (Å²) in [6.45, 7) is 4.09. The van der Waals surface area contributed by atoms with Crippen LogP contribution in [-0.2, 0) is 14.3 Å². The third-order valence-electron chi connectivity index (χ3n) is 3.79. The van der Waals surface area contributed by atoms with E-state index in [0.717, 1.165) is 30.4 Å². The number of methoxy groups -OCH3 is 1. The summed E-state index contributed by atoms with van der Waals surface area (Å²) in [4.78, 5) is 11.8. The van der Waals surface area contributed by atoms with Gasteiger partial charge in [0, 0.05) is 13.2 Å². The Morgan fingerprint density at radius 1 is 1.25 bits per heavy atom. The largest absolute Gasteiger partial charge is 0.456 e. The summed E-state index contributed by atoms with van der Waals surface area (Å²) < 4.78 is 10.8. The molecule has 0 saturated heterocycles. The molecule has 0 spiro atoms. The fourth-order valence-electron chi connectivity index (χ4n) is 2.66. The van der Waals surface area contributed by atoms with E-state index in [9.17, 15) is 4.79 Å². The van der Waals surface area contributed by atoms with E-state index in [-0.39, 0.29) is 18.2 Å². The van der Waals surface area contributed by atoms with Gasteiger partial charge in [-0.3, -0.25) is 0 Å². The molecule has 1 aromatic carbocycles. The number of esters is 1. The van der Waals surface area contributed by atoms with Crippen molar-refractivity contribution in [3.8, 4) is 0 Å². The van der Waals surface area contributed by atoms with E-state index < -0.39 is 0 Å². The lowest BCUT2D eigenvalue weighted by Crippen LogP contribution is -2.26. The van der Waals surface area contributed by atoms with Crippen LogP contribution in [0.4, 0.5) is 0 Å². The second kappa shape index (κ2) is 6.71. The lowest BCUT2D eigenvalue weighted by atomic mass is 10.1. The summed E-state index contributed by atoms with van der Waals surface area (Å²) in [6.07, 6.45) is 6.18. The number of rotatable bonds is 4. The van der Waals surface area contributed by atoms with Crippen LogP contribution in [0, 0.1) is 13.8 Å². The molecule has 0 unspecified atom stereocenters. The van der Waals surface area contributed by atoms with Gasteiger partial charge in [-0.05, 0) is 50.3 Å². The van der Waals surface area contributed by atoms with Crippen LogP contribution < -0.4 is 0 Å². The quantitative estimate of drug-likeness (QED) is 0.623. The minimum Gasteiger partial charge on any atom is -0.456 e. The molecule has 1 saturated carbocycles. The molecule has 108 valence electrons. The third kappa shape index (κ3) is 3.70. The van der Waals surface area contributed by atoms with E-state index in [1.807, 2.05) is 25.1 Å². The van der Waals surface area contributed by atoms with E-state index in [1.165, 1.54) is 11.6 Å². The molecule has 1 aromatic rings. The first-order valence-electron chi connectivity index (χ1n) is 7.09. The van der Waals surface area contributed by atoms with Gasteiger partial charge in [0.25, 0.3) is 0 Å². The van der Waals surface area contributed by atoms with E-state index in [1.54, 1.807) is 7.11 Å². The number of benzene rings is 1. The Bertz CT molecular complexity index is 505. The van der Waals surface area contributed by atoms with Gasteiger partial charge in [-0.1, -0.05) is 23.8 Å². The first kappa shape index (κ1) is 14.8. The molecule has 2 rings (SSSR count). The van der Waals surface area contributed by atoms with Crippen LogP contribution in [0.1, 0.15) is 36.0 Å². The topological polar surface area (TPSA) is 35.5 Å². The Balaban J connectivity index is 1.95. The average Bonchev–Trinajstić information content (AvgIpc) is 2.85. The third-order valence-corrected chi connectivity index (χ3v) is 3.79. The van der Waals surface area contributed by atoms with Crippen molar-refractivity contribution in [2.24, 2.45) is 0 Å². The van der Waals surface area contributed by atoms with Crippen molar-refractivity contribution in [3.05, 3.63) is 41.0 Å². The highest BCUT2D eigenvalue weighted by molar-refractivity contribution is 5.87. The summed E-state index contributed by atoms with van der Waals surface area (Å²) >= 11 is 0. The molecule has 0 radical (unpaired) electrons. The van der Waals surface area contributed by atoms with Crippen LogP contribution in [0.25, 0.3) is 6.08 Å². The van der Waals surface area contributed by atoms with E-state index in [2.05, 4.69) is 13.0 Å². The Labute approximate surface area is 120 Å². The predicted octanol–water partition coefficient (Wildman–Crippen LogP) is 3.43. The Morgan fingerprint density at radius 2 is 2.00 bits per heavy atom. The molecule has 0 N–H and O–H groups in total. The van der Waals surface area contributed by atoms with Crippen molar-refractivity contribution < 1.29 is 14.3 Å². The highest BCUT2D eigenvalue weighted by Crippen LogP contribution is 2.24. The second-order valence-electron chi connectivity index (χ2n) is 5.37. The van der Waals surface area contributed by atoms with E-state index in [4.69, 9.17) is 9.47 Å². The molecule has 1 aliphatic carbocycles. The Kier molecular flexibility index (Phi) is 4.96. The number of carbonyl (C=O) groups excluding carboxylic acids is 1. The van der Waals surface area contributed by atoms with Crippen molar-refractivity contribution in [3.63, 3.8) is 0 Å². The summed E-state index contributed by atoms with van der Waals surface area (Å²) in [5, 5.41) is 0. The number of hydrogen-bond donors (Lipinski definition) is 0. The maximum absolute atomic E-state index is 11.8. The van der Waals surface area contributed by atoms with Crippen LogP contribution in [0.5, 0.6) is 0 Å². The van der Waals surface area contributed by atoms with Crippen molar-refractivity contribution in [2.75, 3.05) is 7.11 Å². The number of ether oxygens (including phenoxy) is 2. The Hall–Kier alpha value is -1.61. The van der Waals surface area contributed by atoms with Crippen molar-refractivity contribution in [2.45, 2.75) is 45.3 Å². The zero-order chi connectivity index (χ0) is 14.5. The van der Waals surface area contributed by atoms with Crippen molar-refractivity contribution in [1.29, 1.82) is 0 Å². The summed E-state index contributed by atoms with van der Waals surface area (Å²) in [6, 6.07) is 6.15. The number of hydrogen-bond acceptors (Lipinski definition) is 3. The van der Waals surface area contributed by atoms with Gasteiger partial charge < -0.3 is 9.47 Å². The smallest absolute Gasteiger partial charge is 0.331 e. The first-order valence-corrected chi connectivity index (χ1v) is 7.09. The monoisotopic (exact) mass is 274 g/mol. The normalized spacial score (nSPS) is 22.4. The number of aryl methyl sites for hydroxylation is 2. The molecule has 3 heteroatoms. The molecule has 0 aliphatic heterocycles. The lowest BCUT2D eigenvalue weighted by Gasteiger charge is -2.17. The van der Waals surface area contributed by atoms with Gasteiger partial charge in [-0.2, -0.15) is 0 Å². The maximum atomic E-state index is 11.8. The van der Waals surface area contributed by atoms with Gasteiger partial charge >= 0.3 is 5.97 Å². The molecule has 1 fully saturated rings. The highest BCUT2D eigenvalue weighted by atomic mass is 16.6. The maximum Gasteiger partial charge on any atom is 0.331 e.